The summed E-state index contributed by atoms with van der Waals surface area (Å²) in [5.74, 6) is 1.41. The molecule has 106 valence electrons. The zero-order chi connectivity index (χ0) is 14.4. The third-order valence-electron chi connectivity index (χ3n) is 2.47. The molecule has 0 atom stereocenters. The Hall–Kier alpha value is -2.02. The molecular weight excluding hydrogens is 276 g/mol. The molecule has 1 N–H and O–H groups in total. The van der Waals surface area contributed by atoms with E-state index in [4.69, 9.17) is 4.52 Å². The summed E-state index contributed by atoms with van der Waals surface area (Å²) in [6, 6.07) is 10.0. The molecule has 0 aliphatic rings. The van der Waals surface area contributed by atoms with Gasteiger partial charge in [-0.2, -0.15) is 5.01 Å². The van der Waals surface area contributed by atoms with Crippen molar-refractivity contribution in [2.75, 3.05) is 30.2 Å². The van der Waals surface area contributed by atoms with Gasteiger partial charge in [0.25, 0.3) is 6.20 Å². The Labute approximate surface area is 121 Å². The molecule has 0 spiro atoms. The number of nitrogens with zero attached hydrogens (tertiary/aromatic N) is 3. The molecule has 2 aromatic rings. The van der Waals surface area contributed by atoms with Gasteiger partial charge in [0, 0.05) is 5.75 Å². The number of nitrogens with one attached hydrogen (secondary N) is 1. The first-order chi connectivity index (χ1) is 9.65. The van der Waals surface area contributed by atoms with Crippen molar-refractivity contribution in [3.8, 4) is 0 Å². The fraction of sp³-hybridized carbons (Fsp3) is 0.308. The second-order valence-electron chi connectivity index (χ2n) is 4.36. The van der Waals surface area contributed by atoms with E-state index in [0.29, 0.717) is 11.6 Å². The Bertz CT molecular complexity index is 557. The second kappa shape index (κ2) is 6.95. The maximum absolute atomic E-state index is 11.7. The maximum atomic E-state index is 11.7. The largest absolute Gasteiger partial charge is 0.305 e. The number of aromatic nitrogens is 2. The molecule has 1 amide bonds. The predicted octanol–water partition coefficient (Wildman–Crippen LogP) is 1.03. The summed E-state index contributed by atoms with van der Waals surface area (Å²) in [7, 11) is 3.65. The van der Waals surface area contributed by atoms with E-state index >= 15 is 0 Å². The minimum Gasteiger partial charge on any atom is -0.288 e. The van der Waals surface area contributed by atoms with E-state index in [2.05, 4.69) is 10.6 Å². The number of thioether (sulfide) groups is 1. The topological polar surface area (TPSA) is 62.2 Å². The predicted molar refractivity (Wildman–Crippen MR) is 78.0 cm³/mol. The zero-order valence-corrected chi connectivity index (χ0v) is 12.3. The molecule has 1 heterocycles. The molecule has 2 rings (SSSR count). The molecule has 20 heavy (non-hydrogen) atoms. The normalized spacial score (nSPS) is 10.3. The van der Waals surface area contributed by atoms with Gasteiger partial charge in [-0.1, -0.05) is 30.3 Å². The summed E-state index contributed by atoms with van der Waals surface area (Å²) >= 11 is 1.56. The summed E-state index contributed by atoms with van der Waals surface area (Å²) < 4.78 is 4.99. The summed E-state index contributed by atoms with van der Waals surface area (Å²) in [6.07, 6.45) is 1.61. The maximum Gasteiger partial charge on any atom is 0.305 e. The van der Waals surface area contributed by atoms with Crippen LogP contribution in [0.5, 0.6) is 0 Å². The second-order valence-corrected chi connectivity index (χ2v) is 5.35. The van der Waals surface area contributed by atoms with Gasteiger partial charge in [-0.05, 0) is 5.56 Å². The van der Waals surface area contributed by atoms with E-state index in [1.54, 1.807) is 23.0 Å². The van der Waals surface area contributed by atoms with Crippen LogP contribution in [-0.2, 0) is 10.5 Å². The average Bonchev–Trinajstić information content (AvgIpc) is 2.88. The number of benzene rings is 1. The molecule has 0 radical (unpaired) electrons. The van der Waals surface area contributed by atoms with Crippen LogP contribution in [0.1, 0.15) is 5.56 Å². The monoisotopic (exact) mass is 293 g/mol. The fourth-order valence-electron chi connectivity index (χ4n) is 1.49. The number of hydrogen-bond donors (Lipinski definition) is 1. The zero-order valence-electron chi connectivity index (χ0n) is 11.4. The molecule has 0 saturated heterocycles. The highest BCUT2D eigenvalue weighted by Gasteiger charge is 2.15. The first-order valence-electron chi connectivity index (χ1n) is 6.13. The van der Waals surface area contributed by atoms with Crippen LogP contribution >= 0.6 is 11.8 Å². The Kier molecular flexibility index (Phi) is 5.00. The lowest BCUT2D eigenvalue weighted by atomic mass is 10.2. The van der Waals surface area contributed by atoms with Crippen molar-refractivity contribution in [1.29, 1.82) is 0 Å². The average molecular weight is 293 g/mol. The van der Waals surface area contributed by atoms with Crippen molar-refractivity contribution in [2.45, 2.75) is 5.75 Å². The van der Waals surface area contributed by atoms with Gasteiger partial charge in [0.1, 0.15) is 0 Å². The van der Waals surface area contributed by atoms with Gasteiger partial charge in [-0.15, -0.1) is 11.8 Å². The molecular formula is C13H17N4O2S+. The van der Waals surface area contributed by atoms with Crippen molar-refractivity contribution in [2.24, 2.45) is 0 Å². The summed E-state index contributed by atoms with van der Waals surface area (Å²) in [4.78, 5) is 13.2. The first-order valence-corrected chi connectivity index (χ1v) is 7.28. The molecule has 7 heteroatoms. The van der Waals surface area contributed by atoms with Crippen LogP contribution in [0, 0.1) is 0 Å². The minimum absolute atomic E-state index is 0.104. The van der Waals surface area contributed by atoms with Crippen molar-refractivity contribution < 1.29 is 14.1 Å². The number of amides is 1. The molecule has 0 saturated carbocycles. The highest BCUT2D eigenvalue weighted by molar-refractivity contribution is 7.99. The lowest BCUT2D eigenvalue weighted by Crippen LogP contribution is -2.53. The lowest BCUT2D eigenvalue weighted by Gasteiger charge is -2.01. The SMILES string of the molecule is CN(C)[n+]1cc(NC(=O)CSCc2ccccc2)on1. The van der Waals surface area contributed by atoms with E-state index in [1.165, 1.54) is 10.4 Å². The Morgan fingerprint density at radius 2 is 2.15 bits per heavy atom. The summed E-state index contributed by atoms with van der Waals surface area (Å²) in [5, 5.41) is 8.14. The van der Waals surface area contributed by atoms with Crippen molar-refractivity contribution in [3.63, 3.8) is 0 Å². The first kappa shape index (κ1) is 14.4. The van der Waals surface area contributed by atoms with E-state index < -0.39 is 0 Å². The molecule has 6 nitrogen and oxygen atoms in total. The van der Waals surface area contributed by atoms with Crippen LogP contribution in [0.4, 0.5) is 5.88 Å². The van der Waals surface area contributed by atoms with Gasteiger partial charge >= 0.3 is 5.88 Å². The Morgan fingerprint density at radius 1 is 1.40 bits per heavy atom. The molecule has 0 bridgehead atoms. The number of carbonyl (C=O) groups is 1. The van der Waals surface area contributed by atoms with Gasteiger partial charge < -0.3 is 0 Å². The van der Waals surface area contributed by atoms with Crippen LogP contribution in [0.2, 0.25) is 0 Å². The van der Waals surface area contributed by atoms with E-state index in [1.807, 2.05) is 44.4 Å². The van der Waals surface area contributed by atoms with Gasteiger partial charge in [0.05, 0.1) is 24.6 Å². The summed E-state index contributed by atoms with van der Waals surface area (Å²) in [5.41, 5.74) is 1.20. The fourth-order valence-corrected chi connectivity index (χ4v) is 2.28. The van der Waals surface area contributed by atoms with Gasteiger partial charge in [0.2, 0.25) is 11.2 Å². The van der Waals surface area contributed by atoms with Gasteiger partial charge in [0.15, 0.2) is 0 Å². The van der Waals surface area contributed by atoms with Crippen molar-refractivity contribution >= 4 is 23.6 Å². The minimum atomic E-state index is -0.104. The summed E-state index contributed by atoms with van der Waals surface area (Å²) in [6.45, 7) is 0. The van der Waals surface area contributed by atoms with Crippen LogP contribution in [0.15, 0.2) is 41.1 Å². The Balaban J connectivity index is 1.75. The van der Waals surface area contributed by atoms with E-state index in [9.17, 15) is 4.79 Å². The molecule has 1 aromatic heterocycles. The standard InChI is InChI=1S/C13H16N4O2S/c1-16(2)17-8-13(19-15-17)14-12(18)10-20-9-11-6-4-3-5-7-11/h3-8H,9-10H2,1-2H3/p+1. The lowest BCUT2D eigenvalue weighted by molar-refractivity contribution is -0.753. The van der Waals surface area contributed by atoms with E-state index in [0.717, 1.165) is 5.75 Å². The van der Waals surface area contributed by atoms with Gasteiger partial charge in [-0.25, -0.2) is 0 Å². The molecule has 0 fully saturated rings. The molecule has 0 aliphatic heterocycles. The van der Waals surface area contributed by atoms with E-state index in [-0.39, 0.29) is 5.91 Å². The quantitative estimate of drug-likeness (QED) is 0.806. The number of hydrogen-bond acceptors (Lipinski definition) is 5. The number of anilines is 1. The molecule has 0 aliphatic carbocycles. The van der Waals surface area contributed by atoms with Crippen LogP contribution in [0.25, 0.3) is 0 Å². The molecule has 1 aromatic carbocycles. The van der Waals surface area contributed by atoms with Crippen LogP contribution in [-0.4, -0.2) is 31.0 Å². The number of carbonyl (C=O) groups excluding carboxylic acids is 1. The highest BCUT2D eigenvalue weighted by atomic mass is 32.2. The van der Waals surface area contributed by atoms with Crippen molar-refractivity contribution in [1.82, 2.24) is 5.27 Å². The third-order valence-corrected chi connectivity index (χ3v) is 3.48. The highest BCUT2D eigenvalue weighted by Crippen LogP contribution is 2.12. The Morgan fingerprint density at radius 3 is 2.80 bits per heavy atom. The van der Waals surface area contributed by atoms with Crippen LogP contribution in [0.3, 0.4) is 0 Å². The number of rotatable bonds is 6. The molecule has 0 unspecified atom stereocenters. The van der Waals surface area contributed by atoms with Gasteiger partial charge in [-0.3, -0.25) is 14.6 Å². The smallest absolute Gasteiger partial charge is 0.288 e. The van der Waals surface area contributed by atoms with Crippen LogP contribution < -0.4 is 15.1 Å². The van der Waals surface area contributed by atoms with Crippen molar-refractivity contribution in [3.05, 3.63) is 42.1 Å². The third kappa shape index (κ3) is 4.27.